The van der Waals surface area contributed by atoms with Crippen LogP contribution in [0.5, 0.6) is 5.75 Å². The molecule has 0 spiro atoms. The Bertz CT molecular complexity index is 507. The lowest BCUT2D eigenvalue weighted by Gasteiger charge is -2.34. The molecule has 3 rings (SSSR count). The lowest BCUT2D eigenvalue weighted by Crippen LogP contribution is -2.47. The Kier molecular flexibility index (Phi) is 4.15. The minimum Gasteiger partial charge on any atom is -0.487 e. The van der Waals surface area contributed by atoms with Gasteiger partial charge in [-0.2, -0.15) is 0 Å². The number of nitrogens with two attached hydrogens (primary N) is 1. The van der Waals surface area contributed by atoms with Gasteiger partial charge in [-0.25, -0.2) is 4.39 Å². The van der Waals surface area contributed by atoms with Crippen molar-refractivity contribution in [1.82, 2.24) is 4.90 Å². The fourth-order valence-electron chi connectivity index (χ4n) is 2.62. The van der Waals surface area contributed by atoms with E-state index in [0.29, 0.717) is 18.0 Å². The first kappa shape index (κ1) is 14.8. The van der Waals surface area contributed by atoms with Gasteiger partial charge in [-0.05, 0) is 49.5 Å². The van der Waals surface area contributed by atoms with E-state index in [2.05, 4.69) is 11.8 Å². The summed E-state index contributed by atoms with van der Waals surface area (Å²) in [5, 5.41) is 10.3. The van der Waals surface area contributed by atoms with Crippen LogP contribution in [0.15, 0.2) is 18.2 Å². The molecule has 4 atom stereocenters. The second kappa shape index (κ2) is 5.91. The molecule has 1 aromatic rings. The lowest BCUT2D eigenvalue weighted by atomic mass is 10.0. The number of benzene rings is 1. The molecule has 1 aliphatic carbocycles. The van der Waals surface area contributed by atoms with Crippen LogP contribution in [0, 0.1) is 11.7 Å². The summed E-state index contributed by atoms with van der Waals surface area (Å²) < 4.78 is 19.6. The quantitative estimate of drug-likeness (QED) is 0.838. The number of nitrogens with zero attached hydrogens (tertiary/aromatic N) is 1. The van der Waals surface area contributed by atoms with Crippen LogP contribution in [0.25, 0.3) is 0 Å². The topological polar surface area (TPSA) is 58.7 Å². The summed E-state index contributed by atoms with van der Waals surface area (Å²) in [5.74, 6) is 0.332. The molecule has 0 radical (unpaired) electrons. The predicted octanol–water partition coefficient (Wildman–Crippen LogP) is 1.68. The van der Waals surface area contributed by atoms with Crippen molar-refractivity contribution in [3.63, 3.8) is 0 Å². The van der Waals surface area contributed by atoms with E-state index in [1.165, 1.54) is 12.5 Å². The first-order valence-electron chi connectivity index (χ1n) is 7.66. The van der Waals surface area contributed by atoms with Crippen molar-refractivity contribution < 1.29 is 14.2 Å². The Morgan fingerprint density at radius 1 is 1.48 bits per heavy atom. The predicted molar refractivity (Wildman–Crippen MR) is 78.6 cm³/mol. The largest absolute Gasteiger partial charge is 0.487 e. The smallest absolute Gasteiger partial charge is 0.165 e. The van der Waals surface area contributed by atoms with Gasteiger partial charge in [-0.3, -0.25) is 0 Å². The van der Waals surface area contributed by atoms with Crippen molar-refractivity contribution in [3.8, 4) is 5.75 Å². The van der Waals surface area contributed by atoms with E-state index >= 15 is 0 Å². The van der Waals surface area contributed by atoms with Gasteiger partial charge in [0.2, 0.25) is 0 Å². The molecule has 21 heavy (non-hydrogen) atoms. The summed E-state index contributed by atoms with van der Waals surface area (Å²) in [6, 6.07) is 4.23. The highest BCUT2D eigenvalue weighted by Crippen LogP contribution is 2.35. The second-order valence-corrected chi connectivity index (χ2v) is 6.32. The Hall–Kier alpha value is -1.17. The van der Waals surface area contributed by atoms with Gasteiger partial charge in [0.1, 0.15) is 6.10 Å². The van der Waals surface area contributed by atoms with Gasteiger partial charge in [0, 0.05) is 12.6 Å². The molecule has 0 amide bonds. The highest BCUT2D eigenvalue weighted by Gasteiger charge is 2.35. The van der Waals surface area contributed by atoms with E-state index in [1.807, 2.05) is 0 Å². The number of likely N-dealkylation sites (tertiary alicyclic amines) is 1. The molecular formula is C16H23FN2O2. The molecule has 1 heterocycles. The lowest BCUT2D eigenvalue weighted by molar-refractivity contribution is 0.0953. The van der Waals surface area contributed by atoms with Crippen LogP contribution in [0.4, 0.5) is 4.39 Å². The van der Waals surface area contributed by atoms with E-state index in [0.717, 1.165) is 19.5 Å². The number of hydrogen-bond acceptors (Lipinski definition) is 4. The Labute approximate surface area is 124 Å². The zero-order valence-corrected chi connectivity index (χ0v) is 12.3. The molecule has 1 saturated carbocycles. The molecule has 0 aromatic heterocycles. The van der Waals surface area contributed by atoms with Crippen LogP contribution in [-0.4, -0.2) is 41.8 Å². The third-order valence-electron chi connectivity index (χ3n) is 4.43. The van der Waals surface area contributed by atoms with Crippen LogP contribution in [0.2, 0.25) is 0 Å². The molecule has 1 aromatic carbocycles. The number of hydrogen-bond donors (Lipinski definition) is 2. The van der Waals surface area contributed by atoms with Crippen molar-refractivity contribution in [2.75, 3.05) is 19.6 Å². The number of ether oxygens (including phenoxy) is 1. The van der Waals surface area contributed by atoms with Gasteiger partial charge in [-0.15, -0.1) is 0 Å². The Morgan fingerprint density at radius 2 is 2.19 bits per heavy atom. The maximum Gasteiger partial charge on any atom is 0.165 e. The van der Waals surface area contributed by atoms with Crippen molar-refractivity contribution in [2.24, 2.45) is 11.7 Å². The Balaban J connectivity index is 1.62. The van der Waals surface area contributed by atoms with Crippen LogP contribution < -0.4 is 10.5 Å². The summed E-state index contributed by atoms with van der Waals surface area (Å²) in [4.78, 5) is 2.19. The van der Waals surface area contributed by atoms with Gasteiger partial charge in [0.15, 0.2) is 11.6 Å². The number of aliphatic hydroxyl groups is 1. The van der Waals surface area contributed by atoms with Crippen LogP contribution in [0.1, 0.15) is 31.4 Å². The van der Waals surface area contributed by atoms with Crippen molar-refractivity contribution in [3.05, 3.63) is 29.6 Å². The summed E-state index contributed by atoms with van der Waals surface area (Å²) in [6.07, 6.45) is 1.44. The fourth-order valence-corrected chi connectivity index (χ4v) is 2.62. The molecule has 2 aliphatic rings. The number of halogens is 1. The van der Waals surface area contributed by atoms with Gasteiger partial charge >= 0.3 is 0 Å². The molecular weight excluding hydrogens is 271 g/mol. The molecule has 4 nitrogen and oxygen atoms in total. The third-order valence-corrected chi connectivity index (χ3v) is 4.43. The van der Waals surface area contributed by atoms with Gasteiger partial charge in [0.05, 0.1) is 6.10 Å². The normalized spacial score (nSPS) is 27.8. The Morgan fingerprint density at radius 3 is 2.71 bits per heavy atom. The molecule has 5 heteroatoms. The van der Waals surface area contributed by atoms with Crippen LogP contribution in [0.3, 0.4) is 0 Å². The van der Waals surface area contributed by atoms with E-state index in [1.54, 1.807) is 12.1 Å². The van der Waals surface area contributed by atoms with Crippen molar-refractivity contribution in [2.45, 2.75) is 38.0 Å². The highest BCUT2D eigenvalue weighted by molar-refractivity contribution is 5.31. The number of rotatable bonds is 6. The standard InChI is InChI=1S/C16H23FN2O2/c1-10-7-15(10)21-14-4-3-11(8-12(14)17)16(20)13(18)9-19-5-2-6-19/h3-4,8,10,13,15-16,20H,2,5-7,9,18H2,1H3/t10?,13-,15?,16-/m1/s1. The van der Waals surface area contributed by atoms with E-state index in [9.17, 15) is 9.50 Å². The third kappa shape index (κ3) is 3.36. The maximum atomic E-state index is 14.0. The molecule has 116 valence electrons. The highest BCUT2D eigenvalue weighted by atomic mass is 19.1. The van der Waals surface area contributed by atoms with Crippen molar-refractivity contribution in [1.29, 1.82) is 0 Å². The SMILES string of the molecule is CC1CC1Oc1ccc([C@@H](O)[C@H](N)CN2CCC2)cc1F. The summed E-state index contributed by atoms with van der Waals surface area (Å²) in [7, 11) is 0. The second-order valence-electron chi connectivity index (χ2n) is 6.32. The molecule has 3 N–H and O–H groups in total. The summed E-state index contributed by atoms with van der Waals surface area (Å²) in [5.41, 5.74) is 6.52. The van der Waals surface area contributed by atoms with Crippen LogP contribution in [-0.2, 0) is 0 Å². The minimum atomic E-state index is -0.853. The number of aliphatic hydroxyl groups excluding tert-OH is 1. The minimum absolute atomic E-state index is 0.129. The summed E-state index contributed by atoms with van der Waals surface area (Å²) >= 11 is 0. The summed E-state index contributed by atoms with van der Waals surface area (Å²) in [6.45, 7) is 4.78. The van der Waals surface area contributed by atoms with Gasteiger partial charge in [0.25, 0.3) is 0 Å². The van der Waals surface area contributed by atoms with Crippen LogP contribution >= 0.6 is 0 Å². The maximum absolute atomic E-state index is 14.0. The van der Waals surface area contributed by atoms with E-state index in [-0.39, 0.29) is 11.9 Å². The monoisotopic (exact) mass is 294 g/mol. The average Bonchev–Trinajstić information content (AvgIpc) is 3.10. The van der Waals surface area contributed by atoms with Gasteiger partial charge < -0.3 is 20.5 Å². The van der Waals surface area contributed by atoms with Crippen molar-refractivity contribution >= 4 is 0 Å². The fraction of sp³-hybridized carbons (Fsp3) is 0.625. The zero-order valence-electron chi connectivity index (χ0n) is 12.3. The molecule has 1 saturated heterocycles. The van der Waals surface area contributed by atoms with E-state index in [4.69, 9.17) is 10.5 Å². The average molecular weight is 294 g/mol. The molecule has 2 unspecified atom stereocenters. The first-order valence-corrected chi connectivity index (χ1v) is 7.66. The van der Waals surface area contributed by atoms with E-state index < -0.39 is 18.0 Å². The first-order chi connectivity index (χ1) is 10.0. The zero-order chi connectivity index (χ0) is 15.0. The molecule has 1 aliphatic heterocycles. The molecule has 2 fully saturated rings. The molecule has 0 bridgehead atoms. The van der Waals surface area contributed by atoms with Gasteiger partial charge in [-0.1, -0.05) is 13.0 Å².